The number of alkyl halides is 3. The van der Waals surface area contributed by atoms with E-state index in [0.29, 0.717) is 0 Å². The first-order valence-electron chi connectivity index (χ1n) is 8.43. The van der Waals surface area contributed by atoms with E-state index < -0.39 is 64.9 Å². The summed E-state index contributed by atoms with van der Waals surface area (Å²) in [6, 6.07) is -0.986. The zero-order valence-corrected chi connectivity index (χ0v) is 18.4. The summed E-state index contributed by atoms with van der Waals surface area (Å²) in [7, 11) is 0. The minimum absolute atomic E-state index is 0.264. The van der Waals surface area contributed by atoms with Crippen molar-refractivity contribution >= 4 is 58.8 Å². The number of hydrogen-bond donors (Lipinski definition) is 1. The third-order valence-corrected chi connectivity index (χ3v) is 3.97. The van der Waals surface area contributed by atoms with Crippen LogP contribution in [0.2, 0.25) is 0 Å². The van der Waals surface area contributed by atoms with E-state index in [0.717, 1.165) is 13.8 Å². The number of nitrogens with one attached hydrogen (secondary N) is 1. The molecule has 0 bridgehead atoms. The Labute approximate surface area is 182 Å². The van der Waals surface area contributed by atoms with E-state index in [2.05, 4.69) is 5.32 Å². The highest BCUT2D eigenvalue weighted by atomic mass is 35.6. The number of ether oxygens (including phenoxy) is 5. The molecule has 0 radical (unpaired) electrons. The molecule has 1 aliphatic rings. The Morgan fingerprint density at radius 2 is 1.48 bits per heavy atom. The number of hydrogen-bond acceptors (Lipinski definition) is 9. The van der Waals surface area contributed by atoms with Crippen molar-refractivity contribution in [1.29, 1.82) is 0 Å². The maximum Gasteiger partial charge on any atom is 0.407 e. The highest BCUT2D eigenvalue weighted by Crippen LogP contribution is 2.28. The molecular formula is C16H22Cl3NO9. The summed E-state index contributed by atoms with van der Waals surface area (Å²) in [6.07, 6.45) is -5.02. The minimum Gasteiger partial charge on any atom is -0.463 e. The molecule has 1 aliphatic heterocycles. The van der Waals surface area contributed by atoms with Gasteiger partial charge in [-0.05, 0) is 6.92 Å². The number of esters is 3. The van der Waals surface area contributed by atoms with Crippen molar-refractivity contribution in [2.24, 2.45) is 0 Å². The predicted octanol–water partition coefficient (Wildman–Crippen LogP) is 1.67. The molecule has 0 aromatic heterocycles. The van der Waals surface area contributed by atoms with Gasteiger partial charge in [-0.15, -0.1) is 0 Å². The first-order valence-corrected chi connectivity index (χ1v) is 9.57. The van der Waals surface area contributed by atoms with E-state index in [9.17, 15) is 19.2 Å². The van der Waals surface area contributed by atoms with Gasteiger partial charge in [-0.2, -0.15) is 0 Å². The number of rotatable bonds is 6. The van der Waals surface area contributed by atoms with Gasteiger partial charge in [0.15, 0.2) is 12.2 Å². The zero-order chi connectivity index (χ0) is 22.4. The summed E-state index contributed by atoms with van der Waals surface area (Å²) in [5.41, 5.74) is 0. The van der Waals surface area contributed by atoms with Crippen LogP contribution in [0, 0.1) is 0 Å². The lowest BCUT2D eigenvalue weighted by molar-refractivity contribution is -0.220. The van der Waals surface area contributed by atoms with Crippen molar-refractivity contribution in [2.75, 3.05) is 13.2 Å². The van der Waals surface area contributed by atoms with Crippen LogP contribution in [0.3, 0.4) is 0 Å². The molecule has 1 amide bonds. The third-order valence-electron chi connectivity index (χ3n) is 3.65. The molecule has 5 atom stereocenters. The highest BCUT2D eigenvalue weighted by Gasteiger charge is 2.49. The fourth-order valence-corrected chi connectivity index (χ4v) is 2.81. The summed E-state index contributed by atoms with van der Waals surface area (Å²) in [6.45, 7) is 4.25. The first-order chi connectivity index (χ1) is 13.3. The van der Waals surface area contributed by atoms with Crippen LogP contribution in [-0.2, 0) is 38.1 Å². The van der Waals surface area contributed by atoms with Crippen LogP contribution in [0.4, 0.5) is 4.79 Å². The van der Waals surface area contributed by atoms with Crippen molar-refractivity contribution in [2.45, 2.75) is 61.9 Å². The lowest BCUT2D eigenvalue weighted by Crippen LogP contribution is -2.65. The first kappa shape index (κ1) is 25.5. The van der Waals surface area contributed by atoms with E-state index in [-0.39, 0.29) is 6.61 Å². The third kappa shape index (κ3) is 9.24. The Balaban J connectivity index is 3.06. The van der Waals surface area contributed by atoms with E-state index in [1.807, 2.05) is 0 Å². The Hall–Kier alpha value is -1.49. The number of carbonyl (C=O) groups excluding carboxylic acids is 4. The maximum atomic E-state index is 12.1. The molecule has 1 fully saturated rings. The van der Waals surface area contributed by atoms with Crippen molar-refractivity contribution in [3.05, 3.63) is 0 Å². The van der Waals surface area contributed by atoms with Gasteiger partial charge < -0.3 is 29.0 Å². The van der Waals surface area contributed by atoms with Gasteiger partial charge in [-0.25, -0.2) is 4.79 Å². The molecule has 0 aliphatic carbocycles. The van der Waals surface area contributed by atoms with Crippen molar-refractivity contribution in [3.63, 3.8) is 0 Å². The van der Waals surface area contributed by atoms with Crippen LogP contribution < -0.4 is 5.32 Å². The predicted molar refractivity (Wildman–Crippen MR) is 101 cm³/mol. The van der Waals surface area contributed by atoms with E-state index in [1.165, 1.54) is 6.92 Å². The summed E-state index contributed by atoms with van der Waals surface area (Å²) >= 11 is 16.6. The van der Waals surface area contributed by atoms with Crippen LogP contribution in [0.1, 0.15) is 27.7 Å². The topological polar surface area (TPSA) is 126 Å². The smallest absolute Gasteiger partial charge is 0.407 e. The molecule has 1 saturated heterocycles. The van der Waals surface area contributed by atoms with Gasteiger partial charge in [0.1, 0.15) is 19.3 Å². The summed E-state index contributed by atoms with van der Waals surface area (Å²) in [4.78, 5) is 46.4. The Morgan fingerprint density at radius 3 is 1.97 bits per heavy atom. The molecule has 0 spiro atoms. The maximum absolute atomic E-state index is 12.1. The fourth-order valence-electron chi connectivity index (χ4n) is 2.65. The number of carbonyl (C=O) groups is 4. The largest absolute Gasteiger partial charge is 0.463 e. The van der Waals surface area contributed by atoms with Gasteiger partial charge in [0, 0.05) is 20.8 Å². The van der Waals surface area contributed by atoms with Gasteiger partial charge in [0.25, 0.3) is 0 Å². The zero-order valence-electron chi connectivity index (χ0n) is 16.1. The Kier molecular flexibility index (Phi) is 9.74. The van der Waals surface area contributed by atoms with Crippen molar-refractivity contribution < 1.29 is 42.9 Å². The average molecular weight is 479 g/mol. The average Bonchev–Trinajstić information content (AvgIpc) is 2.55. The van der Waals surface area contributed by atoms with Crippen LogP contribution in [0.15, 0.2) is 0 Å². The van der Waals surface area contributed by atoms with Gasteiger partial charge in [-0.3, -0.25) is 14.4 Å². The lowest BCUT2D eigenvalue weighted by Gasteiger charge is -2.44. The standard InChI is InChI=1S/C16H22Cl3NO9/c1-7-12(20-15(24)26-6-16(17,18)19)14(29-10(4)23)13(28-9(3)22)11(27-7)5-25-8(2)21/h7,11-14H,5-6H2,1-4H3,(H,20,24). The van der Waals surface area contributed by atoms with Crippen LogP contribution >= 0.6 is 34.8 Å². The van der Waals surface area contributed by atoms with Crippen molar-refractivity contribution in [1.82, 2.24) is 5.32 Å². The second-order valence-electron chi connectivity index (χ2n) is 6.19. The number of halogens is 3. The van der Waals surface area contributed by atoms with Crippen LogP contribution in [-0.4, -0.2) is 71.5 Å². The second kappa shape index (κ2) is 11.1. The van der Waals surface area contributed by atoms with Crippen LogP contribution in [0.25, 0.3) is 0 Å². The number of amides is 1. The second-order valence-corrected chi connectivity index (χ2v) is 8.71. The molecule has 1 rings (SSSR count). The molecule has 13 heteroatoms. The minimum atomic E-state index is -1.82. The molecule has 5 unspecified atom stereocenters. The van der Waals surface area contributed by atoms with Gasteiger partial charge >= 0.3 is 24.0 Å². The molecule has 166 valence electrons. The van der Waals surface area contributed by atoms with Gasteiger partial charge in [-0.1, -0.05) is 34.8 Å². The van der Waals surface area contributed by atoms with Gasteiger partial charge in [0.2, 0.25) is 3.79 Å². The Bertz CT molecular complexity index is 625. The lowest BCUT2D eigenvalue weighted by atomic mass is 9.93. The molecule has 0 aromatic rings. The normalized spacial score (nSPS) is 26.8. The fraction of sp³-hybridized carbons (Fsp3) is 0.750. The number of alkyl carbamates (subject to hydrolysis) is 1. The van der Waals surface area contributed by atoms with Crippen molar-refractivity contribution in [3.8, 4) is 0 Å². The molecule has 1 heterocycles. The highest BCUT2D eigenvalue weighted by molar-refractivity contribution is 6.67. The van der Waals surface area contributed by atoms with Gasteiger partial charge in [0.05, 0.1) is 12.1 Å². The summed E-state index contributed by atoms with van der Waals surface area (Å²) in [5, 5.41) is 2.45. The molecule has 0 saturated carbocycles. The van der Waals surface area contributed by atoms with E-state index in [4.69, 9.17) is 58.5 Å². The quantitative estimate of drug-likeness (QED) is 0.344. The van der Waals surface area contributed by atoms with E-state index >= 15 is 0 Å². The molecule has 10 nitrogen and oxygen atoms in total. The van der Waals surface area contributed by atoms with Crippen LogP contribution in [0.5, 0.6) is 0 Å². The summed E-state index contributed by atoms with van der Waals surface area (Å²) < 4.78 is 24.2. The molecule has 1 N–H and O–H groups in total. The molecule has 29 heavy (non-hydrogen) atoms. The molecular weight excluding hydrogens is 457 g/mol. The van der Waals surface area contributed by atoms with E-state index in [1.54, 1.807) is 6.92 Å². The SMILES string of the molecule is CC(=O)OCC1OC(C)C(NC(=O)OCC(Cl)(Cl)Cl)C(OC(C)=O)C1OC(C)=O. The monoisotopic (exact) mass is 477 g/mol. The summed E-state index contributed by atoms with van der Waals surface area (Å²) in [5.74, 6) is -1.98. The Morgan fingerprint density at radius 1 is 0.931 bits per heavy atom. The molecule has 0 aromatic carbocycles.